The molecule has 2 saturated heterocycles. The molecule has 3 aliphatic rings. The summed E-state index contributed by atoms with van der Waals surface area (Å²) in [6.45, 7) is 14.5. The van der Waals surface area contributed by atoms with Gasteiger partial charge in [-0.05, 0) is 64.1 Å². The molecular weight excluding hydrogens is 552 g/mol. The van der Waals surface area contributed by atoms with E-state index in [1.165, 1.54) is 31.2 Å². The lowest BCUT2D eigenvalue weighted by atomic mass is 10.1. The Hall–Kier alpha value is -3.12. The minimum atomic E-state index is -0.199. The smallest absolute Gasteiger partial charge is 0.258 e. The van der Waals surface area contributed by atoms with Crippen molar-refractivity contribution in [2.24, 2.45) is 0 Å². The standard InChI is InChI=1S/C33H50N10O/c1-4-39-16-18-40(19-17-39)14-7-15-43-25-34-29-30(42-22-20-41(21-23-42)28-8-5-6-9-28)35-33(36-31(29)43)37-32(44)27-12-10-26(11-13-27)24-38(2)3/h10-13,25,28H,4-9,14-24H2,1-3H3,(H,35,36,37,44). The zero-order chi connectivity index (χ0) is 30.5. The molecule has 1 aliphatic carbocycles. The predicted molar refractivity (Wildman–Crippen MR) is 176 cm³/mol. The Bertz CT molecular complexity index is 1370. The minimum absolute atomic E-state index is 0.199. The van der Waals surface area contributed by atoms with Crippen molar-refractivity contribution in [3.63, 3.8) is 0 Å². The molecule has 2 aliphatic heterocycles. The van der Waals surface area contributed by atoms with E-state index >= 15 is 0 Å². The summed E-state index contributed by atoms with van der Waals surface area (Å²) in [4.78, 5) is 40.1. The molecule has 2 aromatic heterocycles. The van der Waals surface area contributed by atoms with Crippen LogP contribution in [0.4, 0.5) is 11.8 Å². The molecule has 0 unspecified atom stereocenters. The lowest BCUT2D eigenvalue weighted by Gasteiger charge is -2.38. The Kier molecular flexibility index (Phi) is 10.1. The number of nitrogens with zero attached hydrogens (tertiary/aromatic N) is 9. The van der Waals surface area contributed by atoms with Crippen LogP contribution >= 0.6 is 0 Å². The van der Waals surface area contributed by atoms with E-state index < -0.39 is 0 Å². The number of piperazine rings is 2. The van der Waals surface area contributed by atoms with Gasteiger partial charge in [0.15, 0.2) is 17.0 Å². The largest absolute Gasteiger partial charge is 0.352 e. The maximum atomic E-state index is 13.3. The molecule has 0 spiro atoms. The number of hydrogen-bond acceptors (Lipinski definition) is 9. The van der Waals surface area contributed by atoms with Crippen molar-refractivity contribution in [2.45, 2.75) is 58.2 Å². The number of amides is 1. The Morgan fingerprint density at radius 3 is 2.30 bits per heavy atom. The van der Waals surface area contributed by atoms with E-state index in [-0.39, 0.29) is 5.91 Å². The number of fused-ring (bicyclic) bond motifs is 1. The van der Waals surface area contributed by atoms with Crippen LogP contribution < -0.4 is 10.2 Å². The molecule has 1 amide bonds. The maximum Gasteiger partial charge on any atom is 0.258 e. The van der Waals surface area contributed by atoms with Gasteiger partial charge in [0.25, 0.3) is 5.91 Å². The van der Waals surface area contributed by atoms with Crippen molar-refractivity contribution in [3.8, 4) is 0 Å². The number of aryl methyl sites for hydroxylation is 1. The van der Waals surface area contributed by atoms with E-state index in [1.807, 2.05) is 44.7 Å². The highest BCUT2D eigenvalue weighted by Gasteiger charge is 2.28. The number of carbonyl (C=O) groups is 1. The fourth-order valence-corrected chi connectivity index (χ4v) is 7.03. The van der Waals surface area contributed by atoms with Crippen LogP contribution in [0.2, 0.25) is 0 Å². The second-order valence-corrected chi connectivity index (χ2v) is 13.0. The quantitative estimate of drug-likeness (QED) is 0.355. The first-order valence-corrected chi connectivity index (χ1v) is 16.7. The van der Waals surface area contributed by atoms with E-state index in [9.17, 15) is 4.79 Å². The van der Waals surface area contributed by atoms with Crippen LogP contribution in [0.3, 0.4) is 0 Å². The highest BCUT2D eigenvalue weighted by molar-refractivity contribution is 6.04. The Balaban J connectivity index is 1.19. The molecule has 0 atom stereocenters. The first-order valence-electron chi connectivity index (χ1n) is 16.7. The van der Waals surface area contributed by atoms with Gasteiger partial charge in [0, 0.05) is 77.1 Å². The monoisotopic (exact) mass is 602 g/mol. The van der Waals surface area contributed by atoms with Gasteiger partial charge >= 0.3 is 0 Å². The summed E-state index contributed by atoms with van der Waals surface area (Å²) >= 11 is 0. The molecule has 0 bridgehead atoms. The van der Waals surface area contributed by atoms with E-state index in [0.717, 1.165) is 108 Å². The van der Waals surface area contributed by atoms with Crippen molar-refractivity contribution in [3.05, 3.63) is 41.7 Å². The van der Waals surface area contributed by atoms with Gasteiger partial charge in [-0.15, -0.1) is 0 Å². The number of anilines is 2. The summed E-state index contributed by atoms with van der Waals surface area (Å²) in [5.41, 5.74) is 3.38. The summed E-state index contributed by atoms with van der Waals surface area (Å²) in [6.07, 6.45) is 8.28. The van der Waals surface area contributed by atoms with Gasteiger partial charge < -0.3 is 24.2 Å². The number of likely N-dealkylation sites (N-methyl/N-ethyl adjacent to an activating group) is 1. The predicted octanol–water partition coefficient (Wildman–Crippen LogP) is 3.23. The lowest BCUT2D eigenvalue weighted by Crippen LogP contribution is -2.50. The normalized spacial score (nSPS) is 19.4. The fraction of sp³-hybridized carbons (Fsp3) is 0.636. The molecule has 11 heteroatoms. The second-order valence-electron chi connectivity index (χ2n) is 13.0. The number of imidazole rings is 1. The van der Waals surface area contributed by atoms with Crippen LogP contribution in [0, 0.1) is 0 Å². The number of rotatable bonds is 11. The summed E-state index contributed by atoms with van der Waals surface area (Å²) in [5.74, 6) is 0.965. The third-order valence-electron chi connectivity index (χ3n) is 9.63. The van der Waals surface area contributed by atoms with Crippen LogP contribution in [0.15, 0.2) is 30.6 Å². The summed E-state index contributed by atoms with van der Waals surface area (Å²) in [5, 5.41) is 3.02. The molecule has 11 nitrogen and oxygen atoms in total. The van der Waals surface area contributed by atoms with Crippen molar-refractivity contribution >= 4 is 28.8 Å². The molecule has 3 fully saturated rings. The molecule has 0 radical (unpaired) electrons. The van der Waals surface area contributed by atoms with Gasteiger partial charge in [-0.25, -0.2) is 4.98 Å². The molecule has 1 aromatic carbocycles. The van der Waals surface area contributed by atoms with E-state index in [1.54, 1.807) is 0 Å². The molecule has 3 aromatic rings. The van der Waals surface area contributed by atoms with E-state index in [0.29, 0.717) is 11.5 Å². The van der Waals surface area contributed by atoms with Gasteiger partial charge in [-0.1, -0.05) is 31.9 Å². The zero-order valence-corrected chi connectivity index (χ0v) is 26.9. The van der Waals surface area contributed by atoms with Crippen LogP contribution in [0.25, 0.3) is 11.2 Å². The Labute approximate surface area is 262 Å². The Morgan fingerprint density at radius 1 is 0.909 bits per heavy atom. The maximum absolute atomic E-state index is 13.3. The first-order chi connectivity index (χ1) is 21.5. The van der Waals surface area contributed by atoms with E-state index in [4.69, 9.17) is 15.0 Å². The highest BCUT2D eigenvalue weighted by atomic mass is 16.1. The third kappa shape index (κ3) is 7.39. The van der Waals surface area contributed by atoms with Crippen LogP contribution in [0.1, 0.15) is 54.9 Å². The highest BCUT2D eigenvalue weighted by Crippen LogP contribution is 2.29. The fourth-order valence-electron chi connectivity index (χ4n) is 7.03. The summed E-state index contributed by atoms with van der Waals surface area (Å²) in [7, 11) is 4.08. The van der Waals surface area contributed by atoms with Crippen molar-refractivity contribution in [1.29, 1.82) is 0 Å². The first kappa shape index (κ1) is 30.9. The van der Waals surface area contributed by atoms with E-state index in [2.05, 4.69) is 41.3 Å². The van der Waals surface area contributed by atoms with Gasteiger partial charge in [0.05, 0.1) is 6.33 Å². The summed E-state index contributed by atoms with van der Waals surface area (Å²) < 4.78 is 2.14. The number of nitrogens with one attached hydrogen (secondary N) is 1. The SMILES string of the molecule is CCN1CCN(CCCn2cnc3c(N4CCN(C5CCCC5)CC4)nc(NC(=O)c4ccc(CN(C)C)cc4)nc32)CC1. The third-order valence-corrected chi connectivity index (χ3v) is 9.63. The van der Waals surface area contributed by atoms with Crippen molar-refractivity contribution < 1.29 is 4.79 Å². The topological polar surface area (TPSA) is 88.9 Å². The van der Waals surface area contributed by atoms with Gasteiger partial charge in [-0.2, -0.15) is 9.97 Å². The van der Waals surface area contributed by atoms with Gasteiger partial charge in [0.2, 0.25) is 5.95 Å². The minimum Gasteiger partial charge on any atom is -0.352 e. The molecule has 1 N–H and O–H groups in total. The zero-order valence-electron chi connectivity index (χ0n) is 26.9. The average molecular weight is 603 g/mol. The molecular formula is C33H50N10O. The number of hydrogen-bond donors (Lipinski definition) is 1. The second kappa shape index (κ2) is 14.3. The number of carbonyl (C=O) groups excluding carboxylic acids is 1. The van der Waals surface area contributed by atoms with Crippen LogP contribution in [-0.4, -0.2) is 131 Å². The van der Waals surface area contributed by atoms with Gasteiger partial charge in [0.1, 0.15) is 0 Å². The number of aromatic nitrogens is 4. The Morgan fingerprint density at radius 2 is 1.61 bits per heavy atom. The van der Waals surface area contributed by atoms with Crippen molar-refractivity contribution in [2.75, 3.05) is 89.8 Å². The van der Waals surface area contributed by atoms with Gasteiger partial charge in [-0.3, -0.25) is 15.0 Å². The molecule has 44 heavy (non-hydrogen) atoms. The molecule has 6 rings (SSSR count). The lowest BCUT2D eigenvalue weighted by molar-refractivity contribution is 0.102. The molecule has 4 heterocycles. The van der Waals surface area contributed by atoms with Crippen molar-refractivity contribution in [1.82, 2.24) is 39.1 Å². The van der Waals surface area contributed by atoms with Crippen LogP contribution in [0.5, 0.6) is 0 Å². The molecule has 238 valence electrons. The number of benzene rings is 1. The average Bonchev–Trinajstić information content (AvgIpc) is 3.72. The summed E-state index contributed by atoms with van der Waals surface area (Å²) in [6, 6.07) is 8.49. The molecule has 1 saturated carbocycles. The van der Waals surface area contributed by atoms with Crippen LogP contribution in [-0.2, 0) is 13.1 Å².